The highest BCUT2D eigenvalue weighted by atomic mass is 15.2. The van der Waals surface area contributed by atoms with Gasteiger partial charge < -0.3 is 0 Å². The lowest BCUT2D eigenvalue weighted by Gasteiger charge is -2.24. The molecule has 1 unspecified atom stereocenters. The maximum Gasteiger partial charge on any atom is 0.116 e. The van der Waals surface area contributed by atoms with E-state index in [4.69, 9.17) is 0 Å². The summed E-state index contributed by atoms with van der Waals surface area (Å²) in [7, 11) is 0. The van der Waals surface area contributed by atoms with Crippen LogP contribution in [0.15, 0.2) is 36.7 Å². The average molecular weight is 293 g/mol. The second-order valence-electron chi connectivity index (χ2n) is 6.64. The van der Waals surface area contributed by atoms with E-state index in [1.807, 2.05) is 0 Å². The number of hydrogen-bond acceptors (Lipinski definition) is 3. The molecule has 0 bridgehead atoms. The highest BCUT2D eigenvalue weighted by Crippen LogP contribution is 2.39. The molecule has 1 saturated carbocycles. The van der Waals surface area contributed by atoms with Crippen LogP contribution in [0.3, 0.4) is 0 Å². The number of hydrogen-bond donors (Lipinski definition) is 0. The largest absolute Gasteiger partial charge is 0.297 e. The van der Waals surface area contributed by atoms with Gasteiger partial charge in [-0.05, 0) is 57.3 Å². The number of nitrogens with zero attached hydrogens (tertiary/aromatic N) is 3. The highest BCUT2D eigenvalue weighted by Gasteiger charge is 2.25. The molecule has 1 atom stereocenters. The third-order valence-corrected chi connectivity index (χ3v) is 5.06. The topological polar surface area (TPSA) is 29.0 Å². The van der Waals surface area contributed by atoms with E-state index in [0.29, 0.717) is 12.0 Å². The van der Waals surface area contributed by atoms with Crippen LogP contribution in [0, 0.1) is 0 Å². The molecule has 2 heterocycles. The lowest BCUT2D eigenvalue weighted by atomic mass is 10.0. The van der Waals surface area contributed by atoms with Gasteiger partial charge in [-0.1, -0.05) is 24.3 Å². The molecule has 2 aromatic rings. The summed E-state index contributed by atoms with van der Waals surface area (Å²) in [5.74, 6) is 0.677. The number of benzene rings is 1. The maximum absolute atomic E-state index is 4.45. The Morgan fingerprint density at radius 2 is 1.77 bits per heavy atom. The van der Waals surface area contributed by atoms with Crippen molar-refractivity contribution in [2.24, 2.45) is 0 Å². The Morgan fingerprint density at radius 1 is 1.05 bits per heavy atom. The van der Waals surface area contributed by atoms with Gasteiger partial charge in [0.2, 0.25) is 0 Å². The van der Waals surface area contributed by atoms with E-state index in [1.165, 1.54) is 55.6 Å². The molecule has 0 radical (unpaired) electrons. The van der Waals surface area contributed by atoms with Crippen LogP contribution in [0.25, 0.3) is 11.3 Å². The predicted octanol–water partition coefficient (Wildman–Crippen LogP) is 4.18. The van der Waals surface area contributed by atoms with E-state index in [2.05, 4.69) is 52.1 Å². The molecule has 0 amide bonds. The van der Waals surface area contributed by atoms with E-state index in [-0.39, 0.29) is 0 Å². The fraction of sp³-hybridized carbons (Fsp3) is 0.474. The van der Waals surface area contributed by atoms with Crippen molar-refractivity contribution >= 4 is 0 Å². The van der Waals surface area contributed by atoms with Gasteiger partial charge in [0.25, 0.3) is 0 Å². The van der Waals surface area contributed by atoms with Crippen LogP contribution in [-0.2, 0) is 0 Å². The van der Waals surface area contributed by atoms with Crippen molar-refractivity contribution < 1.29 is 0 Å². The van der Waals surface area contributed by atoms with E-state index < -0.39 is 0 Å². The predicted molar refractivity (Wildman–Crippen MR) is 88.7 cm³/mol. The van der Waals surface area contributed by atoms with Gasteiger partial charge in [-0.25, -0.2) is 9.97 Å². The van der Waals surface area contributed by atoms with Crippen molar-refractivity contribution in [3.05, 3.63) is 47.9 Å². The average Bonchev–Trinajstić information content (AvgIpc) is 3.29. The third-order valence-electron chi connectivity index (χ3n) is 5.06. The van der Waals surface area contributed by atoms with Crippen molar-refractivity contribution in [1.29, 1.82) is 0 Å². The number of aromatic nitrogens is 2. The molecule has 3 heteroatoms. The van der Waals surface area contributed by atoms with Gasteiger partial charge in [0.1, 0.15) is 6.33 Å². The standard InChI is InChI=1S/C19H23N3/c1-14(22-10-2-3-11-22)15-4-6-16(7-5-15)18-12-19(17-8-9-17)21-13-20-18/h4-7,12-14,17H,2-3,8-11H2,1H3. The van der Waals surface area contributed by atoms with E-state index >= 15 is 0 Å². The van der Waals surface area contributed by atoms with Crippen molar-refractivity contribution in [2.75, 3.05) is 13.1 Å². The first kappa shape index (κ1) is 13.9. The second-order valence-corrected chi connectivity index (χ2v) is 6.64. The molecule has 1 aromatic heterocycles. The zero-order valence-electron chi connectivity index (χ0n) is 13.2. The minimum atomic E-state index is 0.518. The summed E-state index contributed by atoms with van der Waals surface area (Å²) in [6, 6.07) is 11.6. The first-order valence-corrected chi connectivity index (χ1v) is 8.47. The summed E-state index contributed by atoms with van der Waals surface area (Å²) in [5.41, 5.74) is 4.86. The molecule has 1 saturated heterocycles. The quantitative estimate of drug-likeness (QED) is 0.847. The zero-order chi connectivity index (χ0) is 14.9. The van der Waals surface area contributed by atoms with Crippen LogP contribution in [0.1, 0.15) is 55.8 Å². The van der Waals surface area contributed by atoms with Gasteiger partial charge in [0.15, 0.2) is 0 Å². The molecule has 2 fully saturated rings. The van der Waals surface area contributed by atoms with Crippen LogP contribution in [-0.4, -0.2) is 28.0 Å². The minimum Gasteiger partial charge on any atom is -0.297 e. The third kappa shape index (κ3) is 2.78. The molecule has 22 heavy (non-hydrogen) atoms. The molecular weight excluding hydrogens is 270 g/mol. The van der Waals surface area contributed by atoms with E-state index in [1.54, 1.807) is 6.33 Å². The summed E-state index contributed by atoms with van der Waals surface area (Å²) in [6.07, 6.45) is 6.95. The van der Waals surface area contributed by atoms with Gasteiger partial charge in [0.05, 0.1) is 5.69 Å². The molecule has 4 rings (SSSR count). The molecule has 1 aliphatic carbocycles. The summed E-state index contributed by atoms with van der Waals surface area (Å²) in [6.45, 7) is 4.79. The molecule has 2 aliphatic rings. The maximum atomic E-state index is 4.45. The molecular formula is C19H23N3. The Morgan fingerprint density at radius 3 is 2.45 bits per heavy atom. The molecule has 3 nitrogen and oxygen atoms in total. The van der Waals surface area contributed by atoms with Crippen LogP contribution in [0.2, 0.25) is 0 Å². The molecule has 114 valence electrons. The van der Waals surface area contributed by atoms with Crippen LogP contribution in [0.5, 0.6) is 0 Å². The lowest BCUT2D eigenvalue weighted by molar-refractivity contribution is 0.263. The highest BCUT2D eigenvalue weighted by molar-refractivity contribution is 5.59. The normalized spacial score (nSPS) is 20.2. The van der Waals surface area contributed by atoms with Crippen LogP contribution < -0.4 is 0 Å². The first-order valence-electron chi connectivity index (χ1n) is 8.47. The van der Waals surface area contributed by atoms with Gasteiger partial charge in [-0.2, -0.15) is 0 Å². The fourth-order valence-electron chi connectivity index (χ4n) is 3.40. The van der Waals surface area contributed by atoms with Gasteiger partial charge in [0, 0.05) is 23.2 Å². The van der Waals surface area contributed by atoms with Crippen LogP contribution >= 0.6 is 0 Å². The smallest absolute Gasteiger partial charge is 0.116 e. The fourth-order valence-corrected chi connectivity index (χ4v) is 3.40. The monoisotopic (exact) mass is 293 g/mol. The molecule has 0 N–H and O–H groups in total. The summed E-state index contributed by atoms with van der Waals surface area (Å²) < 4.78 is 0. The minimum absolute atomic E-state index is 0.518. The Bertz CT molecular complexity index is 640. The lowest BCUT2D eigenvalue weighted by Crippen LogP contribution is -2.23. The summed E-state index contributed by atoms with van der Waals surface area (Å²) in [5, 5.41) is 0. The summed E-state index contributed by atoms with van der Waals surface area (Å²) in [4.78, 5) is 11.4. The Hall–Kier alpha value is -1.74. The number of rotatable bonds is 4. The molecule has 1 aliphatic heterocycles. The first-order chi connectivity index (χ1) is 10.8. The van der Waals surface area contributed by atoms with Crippen molar-refractivity contribution in [2.45, 2.75) is 44.6 Å². The SMILES string of the molecule is CC(c1ccc(-c2cc(C3CC3)ncn2)cc1)N1CCCC1. The van der Waals surface area contributed by atoms with Crippen LogP contribution in [0.4, 0.5) is 0 Å². The Labute approximate surface area is 132 Å². The second kappa shape index (κ2) is 5.81. The Balaban J connectivity index is 1.54. The van der Waals surface area contributed by atoms with Crippen molar-refractivity contribution in [3.63, 3.8) is 0 Å². The van der Waals surface area contributed by atoms with Crippen molar-refractivity contribution in [3.8, 4) is 11.3 Å². The molecule has 0 spiro atoms. The number of likely N-dealkylation sites (tertiary alicyclic amines) is 1. The van der Waals surface area contributed by atoms with Gasteiger partial charge >= 0.3 is 0 Å². The summed E-state index contributed by atoms with van der Waals surface area (Å²) >= 11 is 0. The Kier molecular flexibility index (Phi) is 3.67. The van der Waals surface area contributed by atoms with E-state index in [9.17, 15) is 0 Å². The van der Waals surface area contributed by atoms with Gasteiger partial charge in [-0.15, -0.1) is 0 Å². The zero-order valence-corrected chi connectivity index (χ0v) is 13.2. The van der Waals surface area contributed by atoms with Crippen molar-refractivity contribution in [1.82, 2.24) is 14.9 Å². The molecule has 1 aromatic carbocycles. The van der Waals surface area contributed by atoms with Gasteiger partial charge in [-0.3, -0.25) is 4.90 Å². The van der Waals surface area contributed by atoms with E-state index in [0.717, 1.165) is 5.69 Å².